The number of hydrazone groups is 1. The Kier molecular flexibility index (Phi) is 7.76. The molecule has 0 aliphatic carbocycles. The molecule has 0 spiro atoms. The number of para-hydroxylation sites is 2. The molecule has 0 aliphatic rings. The van der Waals surface area contributed by atoms with E-state index in [1.807, 2.05) is 31.2 Å². The summed E-state index contributed by atoms with van der Waals surface area (Å²) in [7, 11) is 0. The molecule has 10 heteroatoms. The van der Waals surface area contributed by atoms with Crippen LogP contribution < -0.4 is 15.7 Å². The van der Waals surface area contributed by atoms with Crippen molar-refractivity contribution >= 4 is 40.8 Å². The van der Waals surface area contributed by atoms with Gasteiger partial charge in [0.25, 0.3) is 11.5 Å². The van der Waals surface area contributed by atoms with Crippen LogP contribution in [0, 0.1) is 6.92 Å². The van der Waals surface area contributed by atoms with E-state index in [-0.39, 0.29) is 11.3 Å². The van der Waals surface area contributed by atoms with E-state index >= 15 is 0 Å². The van der Waals surface area contributed by atoms with Crippen molar-refractivity contribution in [3.63, 3.8) is 0 Å². The lowest BCUT2D eigenvalue weighted by atomic mass is 10.2. The van der Waals surface area contributed by atoms with E-state index in [4.69, 9.17) is 9.84 Å². The Morgan fingerprint density at radius 1 is 1.08 bits per heavy atom. The van der Waals surface area contributed by atoms with Gasteiger partial charge in [-0.3, -0.25) is 14.2 Å². The minimum Gasteiger partial charge on any atom is -0.481 e. The Hall–Kier alpha value is -4.44. The summed E-state index contributed by atoms with van der Waals surface area (Å²) in [6.45, 7) is 1.47. The summed E-state index contributed by atoms with van der Waals surface area (Å²) < 4.78 is 6.72. The molecular weight excluding hydrogens is 480 g/mol. The highest BCUT2D eigenvalue weighted by atomic mass is 32.2. The summed E-state index contributed by atoms with van der Waals surface area (Å²) >= 11 is 1.12. The summed E-state index contributed by atoms with van der Waals surface area (Å²) in [6.07, 6.45) is 1.37. The maximum atomic E-state index is 13.3. The molecule has 1 aromatic heterocycles. The minimum atomic E-state index is -1.10. The third-order valence-electron chi connectivity index (χ3n) is 5.03. The second kappa shape index (κ2) is 11.3. The van der Waals surface area contributed by atoms with Gasteiger partial charge in [-0.1, -0.05) is 53.7 Å². The maximum Gasteiger partial charge on any atom is 0.341 e. The number of carbonyl (C=O) groups excluding carboxylic acids is 1. The van der Waals surface area contributed by atoms with E-state index in [2.05, 4.69) is 15.5 Å². The largest absolute Gasteiger partial charge is 0.481 e. The van der Waals surface area contributed by atoms with E-state index < -0.39 is 18.5 Å². The number of hydrogen-bond donors (Lipinski definition) is 2. The number of aliphatic carboxylic acids is 1. The van der Waals surface area contributed by atoms with Crippen molar-refractivity contribution in [3.05, 3.63) is 94.3 Å². The molecule has 0 aliphatic heterocycles. The van der Waals surface area contributed by atoms with Crippen LogP contribution in [0.15, 0.2) is 87.8 Å². The van der Waals surface area contributed by atoms with Crippen LogP contribution in [0.5, 0.6) is 5.75 Å². The zero-order valence-corrected chi connectivity index (χ0v) is 20.1. The average Bonchev–Trinajstić information content (AvgIpc) is 2.88. The lowest BCUT2D eigenvalue weighted by molar-refractivity contribution is -0.139. The first-order valence-electron chi connectivity index (χ1n) is 10.9. The Morgan fingerprint density at radius 3 is 2.58 bits per heavy atom. The number of nitrogens with zero attached hydrogens (tertiary/aromatic N) is 3. The van der Waals surface area contributed by atoms with Gasteiger partial charge in [-0.05, 0) is 43.3 Å². The molecule has 36 heavy (non-hydrogen) atoms. The molecule has 0 saturated carbocycles. The molecule has 1 heterocycles. The second-order valence-corrected chi connectivity index (χ2v) is 8.63. The first-order chi connectivity index (χ1) is 17.4. The number of ether oxygens (including phenoxy) is 1. The van der Waals surface area contributed by atoms with Gasteiger partial charge in [0, 0.05) is 5.56 Å². The number of aromatic nitrogens is 2. The van der Waals surface area contributed by atoms with E-state index in [0.29, 0.717) is 33.1 Å². The van der Waals surface area contributed by atoms with Crippen LogP contribution in [0.3, 0.4) is 0 Å². The molecule has 2 N–H and O–H groups in total. The first kappa shape index (κ1) is 24.7. The summed E-state index contributed by atoms with van der Waals surface area (Å²) in [5, 5.41) is 13.6. The van der Waals surface area contributed by atoms with Crippen molar-refractivity contribution in [1.82, 2.24) is 15.0 Å². The quantitative estimate of drug-likeness (QED) is 0.156. The number of benzene rings is 3. The third kappa shape index (κ3) is 5.97. The van der Waals surface area contributed by atoms with Crippen LogP contribution in [-0.2, 0) is 9.59 Å². The Balaban J connectivity index is 1.50. The van der Waals surface area contributed by atoms with Gasteiger partial charge in [0.2, 0.25) is 0 Å². The van der Waals surface area contributed by atoms with Gasteiger partial charge in [-0.15, -0.1) is 0 Å². The maximum absolute atomic E-state index is 13.3. The number of amides is 1. The van der Waals surface area contributed by atoms with Gasteiger partial charge >= 0.3 is 5.97 Å². The standard InChI is InChI=1S/C26H22N4O5S/c1-17-10-12-19(13-11-17)30-25(34)20-7-3-4-8-21(20)28-26(30)36-16-23(31)29-27-14-18-6-2-5-9-22(18)35-15-24(32)33/h2-14H,15-16H2,1H3,(H,29,31)(H,32,33). The fourth-order valence-corrected chi connectivity index (χ4v) is 4.13. The van der Waals surface area contributed by atoms with Crippen molar-refractivity contribution in [3.8, 4) is 11.4 Å². The topological polar surface area (TPSA) is 123 Å². The van der Waals surface area contributed by atoms with Crippen molar-refractivity contribution in [2.75, 3.05) is 12.4 Å². The number of aryl methyl sites for hydroxylation is 1. The zero-order valence-electron chi connectivity index (χ0n) is 19.2. The van der Waals surface area contributed by atoms with Gasteiger partial charge in [0.15, 0.2) is 11.8 Å². The lowest BCUT2D eigenvalue weighted by Gasteiger charge is -2.13. The number of hydrogen-bond acceptors (Lipinski definition) is 7. The molecule has 0 fully saturated rings. The highest BCUT2D eigenvalue weighted by Crippen LogP contribution is 2.21. The average molecular weight is 503 g/mol. The molecule has 182 valence electrons. The summed E-state index contributed by atoms with van der Waals surface area (Å²) in [6, 6.07) is 21.3. The van der Waals surface area contributed by atoms with E-state index in [9.17, 15) is 14.4 Å². The molecule has 3 aromatic carbocycles. The summed E-state index contributed by atoms with van der Waals surface area (Å²) in [5.74, 6) is -1.21. The van der Waals surface area contributed by atoms with Crippen LogP contribution in [0.25, 0.3) is 16.6 Å². The van der Waals surface area contributed by atoms with Crippen LogP contribution >= 0.6 is 11.8 Å². The van der Waals surface area contributed by atoms with Crippen molar-refractivity contribution in [1.29, 1.82) is 0 Å². The predicted octanol–water partition coefficient (Wildman–Crippen LogP) is 3.40. The van der Waals surface area contributed by atoms with Crippen LogP contribution in [-0.4, -0.2) is 45.1 Å². The monoisotopic (exact) mass is 502 g/mol. The molecule has 9 nitrogen and oxygen atoms in total. The Morgan fingerprint density at radius 2 is 1.81 bits per heavy atom. The van der Waals surface area contributed by atoms with Crippen LogP contribution in [0.4, 0.5) is 0 Å². The lowest BCUT2D eigenvalue weighted by Crippen LogP contribution is -2.24. The Labute approximate surface area is 210 Å². The SMILES string of the molecule is Cc1ccc(-n2c(SCC(=O)NN=Cc3ccccc3OCC(=O)O)nc3ccccc3c2=O)cc1. The molecule has 4 aromatic rings. The number of carbonyl (C=O) groups is 2. The highest BCUT2D eigenvalue weighted by molar-refractivity contribution is 7.99. The van der Waals surface area contributed by atoms with E-state index in [1.165, 1.54) is 10.8 Å². The number of carboxylic acid groups (broad SMARTS) is 1. The molecule has 0 radical (unpaired) electrons. The van der Waals surface area contributed by atoms with Crippen LogP contribution in [0.1, 0.15) is 11.1 Å². The minimum absolute atomic E-state index is 0.0366. The predicted molar refractivity (Wildman–Crippen MR) is 138 cm³/mol. The van der Waals surface area contributed by atoms with Gasteiger partial charge in [0.1, 0.15) is 5.75 Å². The number of fused-ring (bicyclic) bond motifs is 1. The van der Waals surface area contributed by atoms with Crippen molar-refractivity contribution in [2.45, 2.75) is 12.1 Å². The fourth-order valence-electron chi connectivity index (χ4n) is 3.33. The number of nitrogens with one attached hydrogen (secondary N) is 1. The van der Waals surface area contributed by atoms with Gasteiger partial charge in [-0.25, -0.2) is 15.2 Å². The molecule has 0 unspecified atom stereocenters. The van der Waals surface area contributed by atoms with Gasteiger partial charge < -0.3 is 9.84 Å². The molecular formula is C26H22N4O5S. The number of carboxylic acids is 1. The molecule has 0 saturated heterocycles. The number of rotatable bonds is 9. The zero-order chi connectivity index (χ0) is 25.5. The summed E-state index contributed by atoms with van der Waals surface area (Å²) in [4.78, 5) is 41.1. The molecule has 1 amide bonds. The molecule has 0 bridgehead atoms. The smallest absolute Gasteiger partial charge is 0.341 e. The fraction of sp³-hybridized carbons (Fsp3) is 0.115. The first-order valence-corrected chi connectivity index (χ1v) is 11.9. The molecule has 4 rings (SSSR count). The Bertz CT molecular complexity index is 1500. The van der Waals surface area contributed by atoms with Gasteiger partial charge in [-0.2, -0.15) is 5.10 Å². The van der Waals surface area contributed by atoms with Gasteiger partial charge in [0.05, 0.1) is 28.6 Å². The molecule has 0 atom stereocenters. The normalized spacial score (nSPS) is 11.0. The van der Waals surface area contributed by atoms with Crippen molar-refractivity contribution < 1.29 is 19.4 Å². The van der Waals surface area contributed by atoms with Crippen molar-refractivity contribution in [2.24, 2.45) is 5.10 Å². The van der Waals surface area contributed by atoms with Crippen LogP contribution in [0.2, 0.25) is 0 Å². The highest BCUT2D eigenvalue weighted by Gasteiger charge is 2.14. The second-order valence-electron chi connectivity index (χ2n) is 7.69. The summed E-state index contributed by atoms with van der Waals surface area (Å²) in [5.41, 5.74) is 4.98. The number of thioether (sulfide) groups is 1. The van der Waals surface area contributed by atoms with E-state index in [1.54, 1.807) is 48.5 Å². The van der Waals surface area contributed by atoms with E-state index in [0.717, 1.165) is 17.3 Å². The third-order valence-corrected chi connectivity index (χ3v) is 5.97.